The number of carbonyl (C=O) groups excluding carboxylic acids is 1. The van der Waals surface area contributed by atoms with Crippen LogP contribution in [0.15, 0.2) is 75.9 Å². The van der Waals surface area contributed by atoms with E-state index in [9.17, 15) is 9.59 Å². The van der Waals surface area contributed by atoms with Crippen LogP contribution in [-0.2, 0) is 11.3 Å². The highest BCUT2D eigenvalue weighted by atomic mass is 35.5. The number of imidazole rings is 1. The number of nitrogens with one attached hydrogen (secondary N) is 3. The molecule has 4 aromatic rings. The van der Waals surface area contributed by atoms with E-state index >= 15 is 0 Å². The van der Waals surface area contributed by atoms with E-state index in [0.717, 1.165) is 28.2 Å². The molecule has 2 heterocycles. The molecule has 0 radical (unpaired) electrons. The first-order chi connectivity index (χ1) is 18.3. The van der Waals surface area contributed by atoms with Gasteiger partial charge in [0.15, 0.2) is 0 Å². The van der Waals surface area contributed by atoms with Gasteiger partial charge in [-0.25, -0.2) is 9.78 Å². The normalized spacial score (nSPS) is 10.9. The van der Waals surface area contributed by atoms with Gasteiger partial charge in [0.1, 0.15) is 12.2 Å². The first kappa shape index (κ1) is 26.3. The molecule has 0 saturated heterocycles. The molecule has 4 rings (SSSR count). The van der Waals surface area contributed by atoms with Crippen molar-refractivity contribution in [3.8, 4) is 22.4 Å². The van der Waals surface area contributed by atoms with Gasteiger partial charge in [-0.15, -0.1) is 5.10 Å². The number of nitrogens with zero attached hydrogens (tertiary/aromatic N) is 5. The third kappa shape index (κ3) is 5.95. The number of aryl methyl sites for hydroxylation is 1. The van der Waals surface area contributed by atoms with Gasteiger partial charge in [-0.3, -0.25) is 10.1 Å². The van der Waals surface area contributed by atoms with Crippen LogP contribution in [0.4, 0.5) is 16.2 Å². The van der Waals surface area contributed by atoms with E-state index < -0.39 is 6.09 Å². The molecular weight excluding hydrogens is 508 g/mol. The highest BCUT2D eigenvalue weighted by molar-refractivity contribution is 6.31. The molecule has 0 unspecified atom stereocenters. The van der Waals surface area contributed by atoms with Crippen LogP contribution in [0, 0.1) is 12.5 Å². The van der Waals surface area contributed by atoms with E-state index in [0.29, 0.717) is 22.1 Å². The van der Waals surface area contributed by atoms with Crippen LogP contribution in [-0.4, -0.2) is 41.1 Å². The molecule has 11 nitrogen and oxygen atoms in total. The number of rotatable bonds is 8. The second-order valence-corrected chi connectivity index (χ2v) is 8.76. The van der Waals surface area contributed by atoms with Crippen LogP contribution >= 0.6 is 11.6 Å². The predicted molar refractivity (Wildman–Crippen MR) is 147 cm³/mol. The minimum Gasteiger partial charge on any atom is -0.453 e. The number of hydrogen-bond acceptors (Lipinski definition) is 6. The number of H-pyrrole nitrogens is 1. The summed E-state index contributed by atoms with van der Waals surface area (Å²) in [6, 6.07) is 16.0. The molecule has 0 aliphatic heterocycles. The molecule has 2 aromatic heterocycles. The molecule has 0 aliphatic carbocycles. The van der Waals surface area contributed by atoms with E-state index in [1.165, 1.54) is 13.4 Å². The molecule has 0 atom stereocenters. The molecule has 12 heteroatoms. The van der Waals surface area contributed by atoms with E-state index in [4.69, 9.17) is 17.1 Å². The molecule has 0 bridgehead atoms. The minimum absolute atomic E-state index is 0.209. The molecule has 3 N–H and O–H groups in total. The summed E-state index contributed by atoms with van der Waals surface area (Å²) in [6.07, 6.45) is 2.57. The lowest BCUT2D eigenvalue weighted by Gasteiger charge is -2.18. The Bertz CT molecular complexity index is 1560. The molecule has 2 aromatic carbocycles. The van der Waals surface area contributed by atoms with Crippen LogP contribution < -0.4 is 15.8 Å². The third-order valence-electron chi connectivity index (χ3n) is 5.79. The van der Waals surface area contributed by atoms with Gasteiger partial charge in [-0.2, -0.15) is 5.53 Å². The Balaban J connectivity index is 1.57. The smallest absolute Gasteiger partial charge is 0.411 e. The summed E-state index contributed by atoms with van der Waals surface area (Å²) in [5, 5.41) is 9.73. The lowest BCUT2D eigenvalue weighted by atomic mass is 10.0. The van der Waals surface area contributed by atoms with Crippen molar-refractivity contribution in [2.45, 2.75) is 13.5 Å². The fourth-order valence-corrected chi connectivity index (χ4v) is 4.12. The molecule has 0 fully saturated rings. The molecule has 0 saturated carbocycles. The lowest BCUT2D eigenvalue weighted by molar-refractivity contribution is 0.187. The van der Waals surface area contributed by atoms with Gasteiger partial charge in [-0.1, -0.05) is 29.0 Å². The van der Waals surface area contributed by atoms with Gasteiger partial charge >= 0.3 is 6.09 Å². The molecule has 194 valence electrons. The number of aromatic nitrogens is 3. The fourth-order valence-electron chi connectivity index (χ4n) is 3.95. The maximum atomic E-state index is 13.0. The topological polar surface area (TPSA) is 141 Å². The van der Waals surface area contributed by atoms with Crippen molar-refractivity contribution in [3.05, 3.63) is 87.7 Å². The Hall–Kier alpha value is -4.77. The van der Waals surface area contributed by atoms with E-state index in [1.54, 1.807) is 53.0 Å². The summed E-state index contributed by atoms with van der Waals surface area (Å²) in [7, 11) is 3.07. The summed E-state index contributed by atoms with van der Waals surface area (Å²) in [6.45, 7) is 2.14. The Morgan fingerprint density at radius 1 is 1.21 bits per heavy atom. The van der Waals surface area contributed by atoms with Crippen LogP contribution in [0.3, 0.4) is 0 Å². The van der Waals surface area contributed by atoms with Crippen LogP contribution in [0.5, 0.6) is 0 Å². The quantitative estimate of drug-likeness (QED) is 0.119. The Kier molecular flexibility index (Phi) is 7.97. The van der Waals surface area contributed by atoms with Gasteiger partial charge < -0.3 is 19.2 Å². The zero-order valence-corrected chi connectivity index (χ0v) is 21.7. The lowest BCUT2D eigenvalue weighted by Crippen LogP contribution is -2.20. The van der Waals surface area contributed by atoms with Gasteiger partial charge in [0.05, 0.1) is 25.0 Å². The van der Waals surface area contributed by atoms with E-state index in [-0.39, 0.29) is 12.1 Å². The number of amides is 1. The first-order valence-corrected chi connectivity index (χ1v) is 11.8. The molecule has 1 amide bonds. The van der Waals surface area contributed by atoms with Crippen molar-refractivity contribution in [2.24, 2.45) is 10.3 Å². The number of halogens is 1. The Labute approximate surface area is 223 Å². The van der Waals surface area contributed by atoms with Crippen LogP contribution in [0.25, 0.3) is 22.4 Å². The van der Waals surface area contributed by atoms with Crippen molar-refractivity contribution < 1.29 is 9.53 Å². The number of anilines is 2. The van der Waals surface area contributed by atoms with E-state index in [1.807, 2.05) is 31.2 Å². The summed E-state index contributed by atoms with van der Waals surface area (Å²) >= 11 is 6.24. The summed E-state index contributed by atoms with van der Waals surface area (Å²) in [5.74, 6) is 0.627. The number of aromatic amines is 1. The van der Waals surface area contributed by atoms with Crippen LogP contribution in [0.1, 0.15) is 11.5 Å². The fraction of sp³-hybridized carbons (Fsp3) is 0.154. The Morgan fingerprint density at radius 2 is 1.97 bits per heavy atom. The number of methoxy groups -OCH3 is 1. The van der Waals surface area contributed by atoms with Crippen LogP contribution in [0.2, 0.25) is 5.02 Å². The number of hydrogen-bond donors (Lipinski definition) is 3. The zero-order valence-electron chi connectivity index (χ0n) is 20.9. The Morgan fingerprint density at radius 3 is 2.66 bits per heavy atom. The average Bonchev–Trinajstić information content (AvgIpc) is 3.28. The SMILES string of the molecule is COC(=O)Nc1ccc(-c2[nH]c(Cn3ccc(-c4cc(Cl)ccc4N(C)/C=N\N=N)cc3=O)nc2C)cc1. The van der Waals surface area contributed by atoms with Crippen molar-refractivity contribution >= 4 is 35.4 Å². The maximum Gasteiger partial charge on any atom is 0.411 e. The van der Waals surface area contributed by atoms with Crippen molar-refractivity contribution in [3.63, 3.8) is 0 Å². The number of benzene rings is 2. The third-order valence-corrected chi connectivity index (χ3v) is 6.02. The van der Waals surface area contributed by atoms with Gasteiger partial charge in [-0.05, 0) is 54.4 Å². The molecule has 0 aliphatic rings. The summed E-state index contributed by atoms with van der Waals surface area (Å²) in [5.41, 5.74) is 11.9. The molecule has 38 heavy (non-hydrogen) atoms. The maximum absolute atomic E-state index is 13.0. The highest BCUT2D eigenvalue weighted by Gasteiger charge is 2.13. The second kappa shape index (κ2) is 11.5. The van der Waals surface area contributed by atoms with E-state index in [2.05, 4.69) is 30.3 Å². The molecular formula is C26H25ClN8O3. The van der Waals surface area contributed by atoms with Crippen molar-refractivity contribution in [1.29, 1.82) is 5.53 Å². The largest absolute Gasteiger partial charge is 0.453 e. The zero-order chi connectivity index (χ0) is 27.2. The minimum atomic E-state index is -0.540. The highest BCUT2D eigenvalue weighted by Crippen LogP contribution is 2.32. The number of pyridine rings is 1. The standard InChI is InChI=1S/C26H25ClN8O3/c1-16-25(17-4-7-20(8-5-17)31-26(37)38-3)32-23(30-16)14-35-11-10-18(12-24(35)36)21-13-19(27)6-9-22(21)34(2)15-29-33-28/h4-13,15,28H,14H2,1-3H3,(H,30,32)(H,31,37)/b29-15-,33-28?. The number of ether oxygens (including phenoxy) is 1. The average molecular weight is 533 g/mol. The predicted octanol–water partition coefficient (Wildman–Crippen LogP) is 5.50. The van der Waals surface area contributed by atoms with Gasteiger partial charge in [0.25, 0.3) is 5.56 Å². The summed E-state index contributed by atoms with van der Waals surface area (Å²) in [4.78, 5) is 34.0. The van der Waals surface area contributed by atoms with Gasteiger partial charge in [0.2, 0.25) is 0 Å². The monoisotopic (exact) mass is 532 g/mol. The van der Waals surface area contributed by atoms with Crippen molar-refractivity contribution in [1.82, 2.24) is 14.5 Å². The number of carbonyl (C=O) groups is 1. The van der Waals surface area contributed by atoms with Crippen molar-refractivity contribution in [2.75, 3.05) is 24.4 Å². The summed E-state index contributed by atoms with van der Waals surface area (Å²) < 4.78 is 6.17. The first-order valence-electron chi connectivity index (χ1n) is 11.4. The van der Waals surface area contributed by atoms with Gasteiger partial charge in [0, 0.05) is 41.3 Å². The second-order valence-electron chi connectivity index (χ2n) is 8.32. The molecule has 0 spiro atoms.